The number of likely N-dealkylation sites (N-methyl/N-ethyl adjacent to an activating group) is 1. The van der Waals surface area contributed by atoms with Crippen LogP contribution in [0.2, 0.25) is 0 Å². The molecule has 21 heavy (non-hydrogen) atoms. The maximum absolute atomic E-state index is 12.7. The Hall–Kier alpha value is -1.87. The summed E-state index contributed by atoms with van der Waals surface area (Å²) in [5, 5.41) is 11.0. The smallest absolute Gasteiger partial charge is 0.173 e. The first-order valence-corrected chi connectivity index (χ1v) is 7.47. The molecule has 0 amide bonds. The van der Waals surface area contributed by atoms with Gasteiger partial charge < -0.3 is 10.0 Å². The number of rotatable bonds is 5. The molecule has 0 aromatic heterocycles. The number of allylic oxidation sites excluding steroid dienone is 2. The van der Waals surface area contributed by atoms with E-state index < -0.39 is 11.5 Å². The largest absolute Gasteiger partial charge is 0.383 e. The molecule has 1 N–H and O–H groups in total. The zero-order valence-corrected chi connectivity index (χ0v) is 12.9. The van der Waals surface area contributed by atoms with Gasteiger partial charge in [-0.15, -0.1) is 0 Å². The molecule has 0 radical (unpaired) electrons. The Morgan fingerprint density at radius 3 is 2.43 bits per heavy atom. The number of nitrogens with zero attached hydrogens (tertiary/aromatic N) is 1. The van der Waals surface area contributed by atoms with Crippen molar-refractivity contribution in [2.75, 3.05) is 13.1 Å². The highest BCUT2D eigenvalue weighted by molar-refractivity contribution is 6.00. The van der Waals surface area contributed by atoms with Gasteiger partial charge in [-0.3, -0.25) is 4.79 Å². The van der Waals surface area contributed by atoms with Crippen LogP contribution in [-0.4, -0.2) is 34.5 Å². The van der Waals surface area contributed by atoms with Crippen LogP contribution in [0.5, 0.6) is 0 Å². The van der Waals surface area contributed by atoms with Crippen LogP contribution in [0.4, 0.5) is 0 Å². The van der Waals surface area contributed by atoms with Gasteiger partial charge in [-0.05, 0) is 26.8 Å². The molecule has 0 saturated heterocycles. The van der Waals surface area contributed by atoms with Crippen molar-refractivity contribution in [2.24, 2.45) is 5.92 Å². The number of benzene rings is 1. The van der Waals surface area contributed by atoms with Gasteiger partial charge in [0.25, 0.3) is 0 Å². The number of carbonyl (C=O) groups excluding carboxylic acids is 1. The van der Waals surface area contributed by atoms with E-state index in [1.807, 2.05) is 44.2 Å². The molecule has 1 aliphatic carbocycles. The first-order valence-electron chi connectivity index (χ1n) is 7.47. The van der Waals surface area contributed by atoms with Gasteiger partial charge in [0.15, 0.2) is 5.78 Å². The first kappa shape index (κ1) is 15.5. The quantitative estimate of drug-likeness (QED) is 0.845. The van der Waals surface area contributed by atoms with Gasteiger partial charge in [0.05, 0.1) is 5.92 Å². The highest BCUT2D eigenvalue weighted by atomic mass is 16.3. The van der Waals surface area contributed by atoms with E-state index in [2.05, 4.69) is 4.90 Å². The zero-order chi connectivity index (χ0) is 15.5. The number of Topliss-reactive ketones (excluding diaryl/α,β-unsaturated/α-hetero) is 1. The van der Waals surface area contributed by atoms with Gasteiger partial charge in [-0.1, -0.05) is 42.5 Å². The molecule has 0 saturated carbocycles. The van der Waals surface area contributed by atoms with E-state index in [1.54, 1.807) is 25.1 Å². The third-order valence-corrected chi connectivity index (χ3v) is 4.13. The van der Waals surface area contributed by atoms with Crippen molar-refractivity contribution in [1.82, 2.24) is 4.90 Å². The van der Waals surface area contributed by atoms with Crippen molar-refractivity contribution in [2.45, 2.75) is 26.4 Å². The molecule has 1 aromatic rings. The Morgan fingerprint density at radius 1 is 1.24 bits per heavy atom. The summed E-state index contributed by atoms with van der Waals surface area (Å²) in [6.45, 7) is 7.43. The number of carbonyl (C=O) groups is 1. The van der Waals surface area contributed by atoms with Gasteiger partial charge in [0.1, 0.15) is 5.60 Å². The summed E-state index contributed by atoms with van der Waals surface area (Å²) >= 11 is 0. The Labute approximate surface area is 126 Å². The monoisotopic (exact) mass is 285 g/mol. The molecule has 0 bridgehead atoms. The van der Waals surface area contributed by atoms with Gasteiger partial charge in [0.2, 0.25) is 0 Å². The van der Waals surface area contributed by atoms with Crippen molar-refractivity contribution in [1.29, 1.82) is 0 Å². The Bertz CT molecular complexity index is 554. The third kappa shape index (κ3) is 2.93. The molecular formula is C18H23NO2. The lowest BCUT2D eigenvalue weighted by Gasteiger charge is -2.40. The predicted octanol–water partition coefficient (Wildman–Crippen LogP) is 3.03. The molecule has 0 heterocycles. The summed E-state index contributed by atoms with van der Waals surface area (Å²) < 4.78 is 0. The standard InChI is InChI=1S/C18H23NO2/c1-4-19(5-2)16-13-9-12-15(18(16,3)21)17(20)14-10-7-6-8-11-14/h6-13,15,21H,4-5H2,1-3H3. The maximum Gasteiger partial charge on any atom is 0.173 e. The molecule has 2 unspecified atom stereocenters. The van der Waals surface area contributed by atoms with Gasteiger partial charge in [0, 0.05) is 24.4 Å². The fourth-order valence-corrected chi connectivity index (χ4v) is 2.89. The van der Waals surface area contributed by atoms with Crippen molar-refractivity contribution in [3.8, 4) is 0 Å². The predicted molar refractivity (Wildman–Crippen MR) is 85.0 cm³/mol. The van der Waals surface area contributed by atoms with Crippen molar-refractivity contribution in [3.63, 3.8) is 0 Å². The molecule has 3 heteroatoms. The number of ketones is 1. The van der Waals surface area contributed by atoms with Crippen LogP contribution in [0, 0.1) is 5.92 Å². The molecule has 1 aromatic carbocycles. The Morgan fingerprint density at radius 2 is 1.86 bits per heavy atom. The number of hydrogen-bond acceptors (Lipinski definition) is 3. The molecular weight excluding hydrogens is 262 g/mol. The van der Waals surface area contributed by atoms with Crippen LogP contribution >= 0.6 is 0 Å². The minimum atomic E-state index is -1.19. The lowest BCUT2D eigenvalue weighted by molar-refractivity contribution is 0.0250. The number of aliphatic hydroxyl groups is 1. The highest BCUT2D eigenvalue weighted by Gasteiger charge is 2.42. The third-order valence-electron chi connectivity index (χ3n) is 4.13. The van der Waals surface area contributed by atoms with E-state index in [0.717, 1.165) is 18.8 Å². The van der Waals surface area contributed by atoms with Crippen LogP contribution in [0.1, 0.15) is 31.1 Å². The first-order chi connectivity index (χ1) is 10.0. The molecule has 0 aliphatic heterocycles. The molecule has 1 aliphatic rings. The van der Waals surface area contributed by atoms with Crippen LogP contribution in [-0.2, 0) is 0 Å². The maximum atomic E-state index is 12.7. The van der Waals surface area contributed by atoms with E-state index in [0.29, 0.717) is 5.56 Å². The molecule has 3 nitrogen and oxygen atoms in total. The van der Waals surface area contributed by atoms with Crippen molar-refractivity contribution >= 4 is 5.78 Å². The normalized spacial score (nSPS) is 24.6. The van der Waals surface area contributed by atoms with Gasteiger partial charge in [-0.2, -0.15) is 0 Å². The van der Waals surface area contributed by atoms with Gasteiger partial charge >= 0.3 is 0 Å². The molecule has 0 spiro atoms. The average molecular weight is 285 g/mol. The summed E-state index contributed by atoms with van der Waals surface area (Å²) in [5.41, 5.74) is 0.255. The van der Waals surface area contributed by atoms with Crippen LogP contribution < -0.4 is 0 Å². The summed E-state index contributed by atoms with van der Waals surface area (Å²) in [6, 6.07) is 9.15. The molecule has 0 fully saturated rings. The zero-order valence-electron chi connectivity index (χ0n) is 12.9. The molecule has 112 valence electrons. The fourth-order valence-electron chi connectivity index (χ4n) is 2.89. The Kier molecular flexibility index (Phi) is 4.63. The minimum Gasteiger partial charge on any atom is -0.383 e. The SMILES string of the molecule is CCN(CC)C1=CC=CC(C(=O)c2ccccc2)C1(C)O. The highest BCUT2D eigenvalue weighted by Crippen LogP contribution is 2.34. The van der Waals surface area contributed by atoms with Crippen LogP contribution in [0.3, 0.4) is 0 Å². The fraction of sp³-hybridized carbons (Fsp3) is 0.389. The molecule has 2 atom stereocenters. The summed E-state index contributed by atoms with van der Waals surface area (Å²) in [6.07, 6.45) is 5.57. The van der Waals surface area contributed by atoms with E-state index in [9.17, 15) is 9.90 Å². The Balaban J connectivity index is 2.33. The van der Waals surface area contributed by atoms with Crippen LogP contribution in [0.25, 0.3) is 0 Å². The van der Waals surface area contributed by atoms with E-state index in [-0.39, 0.29) is 5.78 Å². The lowest BCUT2D eigenvalue weighted by atomic mass is 9.77. The summed E-state index contributed by atoms with van der Waals surface area (Å²) in [5.74, 6) is -0.602. The topological polar surface area (TPSA) is 40.5 Å². The average Bonchev–Trinajstić information content (AvgIpc) is 2.50. The second-order valence-corrected chi connectivity index (χ2v) is 5.46. The minimum absolute atomic E-state index is 0.0467. The van der Waals surface area contributed by atoms with E-state index in [1.165, 1.54) is 0 Å². The second kappa shape index (κ2) is 6.27. The van der Waals surface area contributed by atoms with Crippen LogP contribution in [0.15, 0.2) is 54.3 Å². The van der Waals surface area contributed by atoms with Crippen molar-refractivity contribution in [3.05, 3.63) is 59.8 Å². The summed E-state index contributed by atoms with van der Waals surface area (Å²) in [4.78, 5) is 14.8. The van der Waals surface area contributed by atoms with E-state index in [4.69, 9.17) is 0 Å². The summed E-state index contributed by atoms with van der Waals surface area (Å²) in [7, 11) is 0. The second-order valence-electron chi connectivity index (χ2n) is 5.46. The number of hydrogen-bond donors (Lipinski definition) is 1. The van der Waals surface area contributed by atoms with Crippen molar-refractivity contribution < 1.29 is 9.90 Å². The molecule has 2 rings (SSSR count). The lowest BCUT2D eigenvalue weighted by Crippen LogP contribution is -2.47. The van der Waals surface area contributed by atoms with Gasteiger partial charge in [-0.25, -0.2) is 0 Å². The van der Waals surface area contributed by atoms with E-state index >= 15 is 0 Å².